The fraction of sp³-hybridized carbons (Fsp3) is 0.154. The third kappa shape index (κ3) is 3.52. The Morgan fingerprint density at radius 2 is 1.90 bits per heavy atom. The number of aromatic nitrogens is 1. The van der Waals surface area contributed by atoms with Gasteiger partial charge in [0, 0.05) is 6.20 Å². The van der Waals surface area contributed by atoms with Gasteiger partial charge in [-0.3, -0.25) is 4.98 Å². The summed E-state index contributed by atoms with van der Waals surface area (Å²) >= 11 is 0. The van der Waals surface area contributed by atoms with Crippen molar-refractivity contribution in [3.05, 3.63) is 53.9 Å². The normalized spacial score (nSPS) is 12.3. The molecule has 1 aromatic heterocycles. The van der Waals surface area contributed by atoms with Gasteiger partial charge < -0.3 is 5.73 Å². The second-order valence-corrected chi connectivity index (χ2v) is 6.33. The van der Waals surface area contributed by atoms with Gasteiger partial charge in [-0.2, -0.15) is 13.2 Å². The summed E-state index contributed by atoms with van der Waals surface area (Å²) < 4.78 is 62.2. The number of hydrogen-bond acceptors (Lipinski definition) is 4. The van der Waals surface area contributed by atoms with Crippen molar-refractivity contribution >= 4 is 15.5 Å². The van der Waals surface area contributed by atoms with E-state index >= 15 is 0 Å². The molecule has 21 heavy (non-hydrogen) atoms. The number of hydrogen-bond donors (Lipinski definition) is 1. The standard InChI is InChI=1S/C13H11F3N2O2S/c14-13(15,16)10-3-1-2-9(6-10)8-21(19,20)12-4-5-18-7-11(12)17/h1-7H,8,17H2. The zero-order valence-corrected chi connectivity index (χ0v) is 11.4. The molecular weight excluding hydrogens is 305 g/mol. The van der Waals surface area contributed by atoms with Crippen molar-refractivity contribution in [3.8, 4) is 0 Å². The van der Waals surface area contributed by atoms with E-state index in [9.17, 15) is 21.6 Å². The van der Waals surface area contributed by atoms with E-state index in [1.165, 1.54) is 30.6 Å². The molecule has 0 fully saturated rings. The highest BCUT2D eigenvalue weighted by Gasteiger charge is 2.30. The van der Waals surface area contributed by atoms with E-state index in [4.69, 9.17) is 5.73 Å². The summed E-state index contributed by atoms with van der Waals surface area (Å²) in [4.78, 5) is 3.53. The maximum absolute atomic E-state index is 12.6. The molecule has 1 aromatic carbocycles. The van der Waals surface area contributed by atoms with Gasteiger partial charge in [0.25, 0.3) is 0 Å². The predicted molar refractivity (Wildman–Crippen MR) is 71.0 cm³/mol. The molecule has 4 nitrogen and oxygen atoms in total. The van der Waals surface area contributed by atoms with Gasteiger partial charge in [-0.1, -0.05) is 18.2 Å². The Morgan fingerprint density at radius 3 is 2.52 bits per heavy atom. The lowest BCUT2D eigenvalue weighted by Gasteiger charge is -2.10. The quantitative estimate of drug-likeness (QED) is 0.945. The first-order valence-electron chi connectivity index (χ1n) is 5.78. The van der Waals surface area contributed by atoms with Crippen LogP contribution in [-0.2, 0) is 21.8 Å². The van der Waals surface area contributed by atoms with Gasteiger partial charge in [-0.05, 0) is 17.7 Å². The SMILES string of the molecule is Nc1cnccc1S(=O)(=O)Cc1cccc(C(F)(F)F)c1. The number of alkyl halides is 3. The maximum atomic E-state index is 12.6. The molecule has 0 atom stereocenters. The average molecular weight is 316 g/mol. The summed E-state index contributed by atoms with van der Waals surface area (Å²) in [5, 5.41) is 0. The number of anilines is 1. The molecule has 0 aliphatic carbocycles. The van der Waals surface area contributed by atoms with Crippen molar-refractivity contribution in [2.45, 2.75) is 16.8 Å². The van der Waals surface area contributed by atoms with Crippen LogP contribution in [0.25, 0.3) is 0 Å². The molecule has 0 spiro atoms. The Morgan fingerprint density at radius 1 is 1.19 bits per heavy atom. The van der Waals surface area contributed by atoms with E-state index in [1.807, 2.05) is 0 Å². The summed E-state index contributed by atoms with van der Waals surface area (Å²) in [6.07, 6.45) is -2.08. The number of halogens is 3. The lowest BCUT2D eigenvalue weighted by molar-refractivity contribution is -0.137. The minimum atomic E-state index is -4.52. The van der Waals surface area contributed by atoms with E-state index in [0.29, 0.717) is 0 Å². The Labute approximate surface area is 119 Å². The average Bonchev–Trinajstić information content (AvgIpc) is 2.37. The van der Waals surface area contributed by atoms with Crippen LogP contribution in [0.5, 0.6) is 0 Å². The summed E-state index contributed by atoms with van der Waals surface area (Å²) in [6.45, 7) is 0. The molecule has 0 unspecified atom stereocenters. The molecule has 2 rings (SSSR count). The summed E-state index contributed by atoms with van der Waals surface area (Å²) in [6, 6.07) is 5.41. The summed E-state index contributed by atoms with van der Waals surface area (Å²) in [7, 11) is -3.84. The first-order chi connectivity index (χ1) is 9.70. The van der Waals surface area contributed by atoms with Crippen LogP contribution in [0.2, 0.25) is 0 Å². The predicted octanol–water partition coefficient (Wildman–Crippen LogP) is 2.66. The number of nitrogens with two attached hydrogens (primary N) is 1. The van der Waals surface area contributed by atoms with Crippen LogP contribution in [0, 0.1) is 0 Å². The van der Waals surface area contributed by atoms with Crippen LogP contribution in [0.3, 0.4) is 0 Å². The van der Waals surface area contributed by atoms with Crippen LogP contribution in [0.4, 0.5) is 18.9 Å². The maximum Gasteiger partial charge on any atom is 0.416 e. The van der Waals surface area contributed by atoms with Gasteiger partial charge in [0.2, 0.25) is 0 Å². The monoisotopic (exact) mass is 316 g/mol. The largest absolute Gasteiger partial charge is 0.416 e. The highest BCUT2D eigenvalue weighted by Crippen LogP contribution is 2.30. The second-order valence-electron chi connectivity index (χ2n) is 4.37. The van der Waals surface area contributed by atoms with Gasteiger partial charge in [0.1, 0.15) is 0 Å². The smallest absolute Gasteiger partial charge is 0.396 e. The van der Waals surface area contributed by atoms with Crippen LogP contribution in [0.1, 0.15) is 11.1 Å². The zero-order chi connectivity index (χ0) is 15.7. The van der Waals surface area contributed by atoms with Crippen molar-refractivity contribution in [3.63, 3.8) is 0 Å². The number of rotatable bonds is 3. The molecule has 0 aliphatic heterocycles. The molecule has 0 bridgehead atoms. The molecule has 0 saturated heterocycles. The Kier molecular flexibility index (Phi) is 3.91. The molecule has 0 aliphatic rings. The lowest BCUT2D eigenvalue weighted by Crippen LogP contribution is -2.10. The molecule has 2 N–H and O–H groups in total. The third-order valence-electron chi connectivity index (χ3n) is 2.76. The van der Waals surface area contributed by atoms with Crippen molar-refractivity contribution in [2.75, 3.05) is 5.73 Å². The Hall–Kier alpha value is -2.09. The minimum Gasteiger partial charge on any atom is -0.396 e. The number of nitrogens with zero attached hydrogens (tertiary/aromatic N) is 1. The molecule has 8 heteroatoms. The molecule has 1 heterocycles. The van der Waals surface area contributed by atoms with Crippen LogP contribution < -0.4 is 5.73 Å². The Bertz CT molecular complexity index is 758. The topological polar surface area (TPSA) is 73.0 Å². The molecule has 2 aromatic rings. The highest BCUT2D eigenvalue weighted by molar-refractivity contribution is 7.90. The van der Waals surface area contributed by atoms with E-state index < -0.39 is 27.3 Å². The van der Waals surface area contributed by atoms with Crippen molar-refractivity contribution in [1.82, 2.24) is 4.98 Å². The van der Waals surface area contributed by atoms with Crippen molar-refractivity contribution in [2.24, 2.45) is 0 Å². The number of nitrogen functional groups attached to an aromatic ring is 1. The first kappa shape index (κ1) is 15.3. The van der Waals surface area contributed by atoms with Gasteiger partial charge in [-0.25, -0.2) is 8.42 Å². The zero-order valence-electron chi connectivity index (χ0n) is 10.6. The van der Waals surface area contributed by atoms with E-state index in [1.54, 1.807) is 0 Å². The van der Waals surface area contributed by atoms with Crippen molar-refractivity contribution < 1.29 is 21.6 Å². The fourth-order valence-corrected chi connectivity index (χ4v) is 3.27. The number of benzene rings is 1. The summed E-state index contributed by atoms with van der Waals surface area (Å²) in [5.74, 6) is -0.564. The van der Waals surface area contributed by atoms with Gasteiger partial charge >= 0.3 is 6.18 Å². The van der Waals surface area contributed by atoms with Crippen LogP contribution in [-0.4, -0.2) is 13.4 Å². The Balaban J connectivity index is 2.36. The second kappa shape index (κ2) is 5.36. The van der Waals surface area contributed by atoms with Gasteiger partial charge in [0.15, 0.2) is 9.84 Å². The van der Waals surface area contributed by atoms with E-state index in [0.717, 1.165) is 12.1 Å². The van der Waals surface area contributed by atoms with Crippen LogP contribution in [0.15, 0.2) is 47.6 Å². The fourth-order valence-electron chi connectivity index (χ4n) is 1.81. The molecule has 0 amide bonds. The minimum absolute atomic E-state index is 0.0375. The van der Waals surface area contributed by atoms with Crippen molar-refractivity contribution in [1.29, 1.82) is 0 Å². The number of sulfone groups is 1. The van der Waals surface area contributed by atoms with Gasteiger partial charge in [-0.15, -0.1) is 0 Å². The van der Waals surface area contributed by atoms with E-state index in [2.05, 4.69) is 4.98 Å². The van der Waals surface area contributed by atoms with E-state index in [-0.39, 0.29) is 16.1 Å². The molecule has 112 valence electrons. The molecular formula is C13H11F3N2O2S. The molecule has 0 radical (unpaired) electrons. The van der Waals surface area contributed by atoms with Crippen LogP contribution >= 0.6 is 0 Å². The highest BCUT2D eigenvalue weighted by atomic mass is 32.2. The number of pyridine rings is 1. The third-order valence-corrected chi connectivity index (χ3v) is 4.51. The van der Waals surface area contributed by atoms with Gasteiger partial charge in [0.05, 0.1) is 28.1 Å². The summed E-state index contributed by atoms with van der Waals surface area (Å²) in [5.41, 5.74) is 4.65. The lowest BCUT2D eigenvalue weighted by atomic mass is 10.1. The first-order valence-corrected chi connectivity index (χ1v) is 7.44. The molecule has 0 saturated carbocycles.